The van der Waals surface area contributed by atoms with Gasteiger partial charge in [0.05, 0.1) is 40.4 Å². The van der Waals surface area contributed by atoms with Gasteiger partial charge in [-0.1, -0.05) is 36.1 Å². The molecule has 0 bridgehead atoms. The summed E-state index contributed by atoms with van der Waals surface area (Å²) < 4.78 is 17.7. The Morgan fingerprint density at radius 1 is 1.18 bits per heavy atom. The van der Waals surface area contributed by atoms with Crippen molar-refractivity contribution in [1.82, 2.24) is 4.98 Å². The molecule has 1 aliphatic rings. The maximum Gasteiger partial charge on any atom is 0.296 e. The number of fused-ring (bicyclic) bond motifs is 1. The second-order valence-corrected chi connectivity index (χ2v) is 10.2. The van der Waals surface area contributed by atoms with E-state index in [1.165, 1.54) is 27.6 Å². The molecule has 1 N–H and O–H groups in total. The summed E-state index contributed by atoms with van der Waals surface area (Å²) in [5.74, 6) is -0.129. The van der Waals surface area contributed by atoms with Crippen LogP contribution in [0.15, 0.2) is 77.9 Å². The average Bonchev–Trinajstić information content (AvgIpc) is 3.66. The highest BCUT2D eigenvalue weighted by Gasteiger charge is 2.46. The number of aliphatic hydroxyl groups is 1. The lowest BCUT2D eigenvalue weighted by atomic mass is 9.95. The molecule has 1 aliphatic heterocycles. The van der Waals surface area contributed by atoms with Crippen LogP contribution in [-0.2, 0) is 4.79 Å². The van der Waals surface area contributed by atoms with E-state index in [1.807, 2.05) is 13.0 Å². The summed E-state index contributed by atoms with van der Waals surface area (Å²) >= 11 is 2.51. The molecule has 2 aromatic carbocycles. The number of methoxy groups -OCH3 is 1. The number of hydrogen-bond acceptors (Lipinski definition) is 9. The number of hydrogen-bond donors (Lipinski definition) is 1. The van der Waals surface area contributed by atoms with Crippen LogP contribution in [0.5, 0.6) is 17.2 Å². The molecule has 0 aliphatic carbocycles. The number of aromatic nitrogens is 1. The molecule has 3 heterocycles. The number of anilines is 1. The van der Waals surface area contributed by atoms with Gasteiger partial charge in [-0.05, 0) is 54.3 Å². The van der Waals surface area contributed by atoms with Gasteiger partial charge in [0.1, 0.15) is 12.4 Å². The summed E-state index contributed by atoms with van der Waals surface area (Å²) in [7, 11) is 1.58. The Kier molecular flexibility index (Phi) is 7.17. The molecule has 0 radical (unpaired) electrons. The number of thiophene rings is 1. The predicted octanol–water partition coefficient (Wildman–Crippen LogP) is 6.11. The quantitative estimate of drug-likeness (QED) is 0.189. The molecule has 0 spiro atoms. The highest BCUT2D eigenvalue weighted by molar-refractivity contribution is 7.22. The van der Waals surface area contributed by atoms with Gasteiger partial charge < -0.3 is 19.3 Å². The normalized spacial score (nSPS) is 15.3. The van der Waals surface area contributed by atoms with Crippen molar-refractivity contribution in [2.75, 3.05) is 25.2 Å². The second kappa shape index (κ2) is 10.7. The maximum atomic E-state index is 13.6. The summed E-state index contributed by atoms with van der Waals surface area (Å²) in [6.45, 7) is 6.19. The minimum atomic E-state index is -0.938. The van der Waals surface area contributed by atoms with Crippen LogP contribution in [0, 0.1) is 0 Å². The summed E-state index contributed by atoms with van der Waals surface area (Å²) in [6, 6.07) is 13.1. The molecule has 5 rings (SSSR count). The fourth-order valence-electron chi connectivity index (χ4n) is 4.24. The molecule has 194 valence electrons. The van der Waals surface area contributed by atoms with Crippen LogP contribution in [0.1, 0.15) is 28.2 Å². The van der Waals surface area contributed by atoms with Crippen LogP contribution in [-0.4, -0.2) is 42.1 Å². The van der Waals surface area contributed by atoms with Gasteiger partial charge >= 0.3 is 0 Å². The Bertz CT molecular complexity index is 1560. The van der Waals surface area contributed by atoms with Crippen molar-refractivity contribution in [3.63, 3.8) is 0 Å². The first-order chi connectivity index (χ1) is 18.5. The zero-order chi connectivity index (χ0) is 26.8. The molecule has 1 unspecified atom stereocenters. The van der Waals surface area contributed by atoms with Gasteiger partial charge in [0.2, 0.25) is 5.78 Å². The maximum absolute atomic E-state index is 13.6. The third-order valence-electron chi connectivity index (χ3n) is 5.93. The largest absolute Gasteiger partial charge is 0.503 e. The van der Waals surface area contributed by atoms with Gasteiger partial charge in [0, 0.05) is 0 Å². The van der Waals surface area contributed by atoms with E-state index in [0.717, 1.165) is 4.70 Å². The van der Waals surface area contributed by atoms with Crippen molar-refractivity contribution in [2.24, 2.45) is 0 Å². The monoisotopic (exact) mass is 548 g/mol. The lowest BCUT2D eigenvalue weighted by Crippen LogP contribution is -2.31. The van der Waals surface area contributed by atoms with Gasteiger partial charge in [-0.2, -0.15) is 0 Å². The second-order valence-electron chi connectivity index (χ2n) is 8.22. The Hall–Kier alpha value is -4.15. The van der Waals surface area contributed by atoms with Gasteiger partial charge in [-0.15, -0.1) is 11.3 Å². The SMILES string of the molecule is C=CCOc1ccc(C2C(C(=O)c3cccs3)=C(O)C(=O)N2c2nc3ccc(OC)cc3s2)cc1OCC. The number of rotatable bonds is 10. The fourth-order valence-corrected chi connectivity index (χ4v) is 5.94. The molecule has 1 atom stereocenters. The number of carbonyl (C=O) groups excluding carboxylic acids is 2. The Morgan fingerprint density at radius 3 is 2.74 bits per heavy atom. The predicted molar refractivity (Wildman–Crippen MR) is 148 cm³/mol. The van der Waals surface area contributed by atoms with Crippen LogP contribution < -0.4 is 19.1 Å². The van der Waals surface area contributed by atoms with E-state index in [2.05, 4.69) is 11.6 Å². The summed E-state index contributed by atoms with van der Waals surface area (Å²) in [5.41, 5.74) is 1.21. The Morgan fingerprint density at radius 2 is 2.03 bits per heavy atom. The first kappa shape index (κ1) is 25.5. The van der Waals surface area contributed by atoms with Crippen molar-refractivity contribution in [2.45, 2.75) is 13.0 Å². The van der Waals surface area contributed by atoms with Crippen molar-refractivity contribution >= 4 is 49.7 Å². The molecular weight excluding hydrogens is 524 g/mol. The summed E-state index contributed by atoms with van der Waals surface area (Å²) in [5, 5.41) is 13.2. The molecule has 8 nitrogen and oxygen atoms in total. The van der Waals surface area contributed by atoms with E-state index >= 15 is 0 Å². The minimum Gasteiger partial charge on any atom is -0.503 e. The van der Waals surface area contributed by atoms with Crippen molar-refractivity contribution in [1.29, 1.82) is 0 Å². The topological polar surface area (TPSA) is 98.2 Å². The molecule has 1 amide bonds. The van der Waals surface area contributed by atoms with Crippen LogP contribution in [0.2, 0.25) is 0 Å². The van der Waals surface area contributed by atoms with Crippen molar-refractivity contribution in [3.05, 3.63) is 88.3 Å². The lowest BCUT2D eigenvalue weighted by molar-refractivity contribution is -0.117. The van der Waals surface area contributed by atoms with Crippen LogP contribution in [0.25, 0.3) is 10.2 Å². The summed E-state index contributed by atoms with van der Waals surface area (Å²) in [4.78, 5) is 33.6. The Labute approximate surface area is 227 Å². The molecule has 2 aromatic heterocycles. The third-order valence-corrected chi connectivity index (χ3v) is 7.81. The number of ether oxygens (including phenoxy) is 3. The van der Waals surface area contributed by atoms with Gasteiger partial charge in [-0.3, -0.25) is 14.5 Å². The van der Waals surface area contributed by atoms with Gasteiger partial charge in [-0.25, -0.2) is 4.98 Å². The number of thiazole rings is 1. The molecule has 0 saturated heterocycles. The standard InChI is InChI=1S/C28H24N2O6S2/c1-4-12-36-19-11-8-16(14-20(19)35-5-2)24-23(25(31)21-7-6-13-37-21)26(32)27(33)30(24)28-29-18-10-9-17(34-3)15-22(18)38-28/h4,6-11,13-15,24,32H,1,5,12H2,2-3H3. The van der Waals surface area contributed by atoms with E-state index in [9.17, 15) is 14.7 Å². The number of nitrogens with zero attached hydrogens (tertiary/aromatic N) is 2. The van der Waals surface area contributed by atoms with Crippen molar-refractivity contribution < 1.29 is 28.9 Å². The minimum absolute atomic E-state index is 0.0171. The number of carbonyl (C=O) groups is 2. The van der Waals surface area contributed by atoms with E-state index in [4.69, 9.17) is 14.2 Å². The van der Waals surface area contributed by atoms with E-state index < -0.39 is 23.5 Å². The first-order valence-corrected chi connectivity index (χ1v) is 13.5. The number of ketones is 1. The zero-order valence-electron chi connectivity index (χ0n) is 20.7. The number of Topliss-reactive ketones (excluding diaryl/α,β-unsaturated/α-hetero) is 1. The molecule has 0 saturated carbocycles. The number of benzene rings is 2. The molecule has 0 fully saturated rings. The average molecular weight is 549 g/mol. The number of amides is 1. The highest BCUT2D eigenvalue weighted by atomic mass is 32.1. The third kappa shape index (κ3) is 4.52. The molecule has 4 aromatic rings. The van der Waals surface area contributed by atoms with E-state index in [1.54, 1.807) is 61.0 Å². The zero-order valence-corrected chi connectivity index (χ0v) is 22.3. The van der Waals surface area contributed by atoms with Crippen LogP contribution >= 0.6 is 22.7 Å². The molecule has 38 heavy (non-hydrogen) atoms. The first-order valence-electron chi connectivity index (χ1n) is 11.8. The smallest absolute Gasteiger partial charge is 0.296 e. The number of aliphatic hydroxyl groups excluding tert-OH is 1. The Balaban J connectivity index is 1.66. The molecular formula is C28H24N2O6S2. The van der Waals surface area contributed by atoms with E-state index in [-0.39, 0.29) is 12.2 Å². The van der Waals surface area contributed by atoms with Gasteiger partial charge in [0.25, 0.3) is 5.91 Å². The van der Waals surface area contributed by atoms with Crippen LogP contribution in [0.3, 0.4) is 0 Å². The highest BCUT2D eigenvalue weighted by Crippen LogP contribution is 2.46. The molecule has 10 heteroatoms. The van der Waals surface area contributed by atoms with Crippen molar-refractivity contribution in [3.8, 4) is 17.2 Å². The fraction of sp³-hybridized carbons (Fsp3) is 0.179. The lowest BCUT2D eigenvalue weighted by Gasteiger charge is -2.25. The van der Waals surface area contributed by atoms with Crippen LogP contribution in [0.4, 0.5) is 5.13 Å². The summed E-state index contributed by atoms with van der Waals surface area (Å²) in [6.07, 6.45) is 1.63. The van der Waals surface area contributed by atoms with E-state index in [0.29, 0.717) is 44.9 Å². The van der Waals surface area contributed by atoms with Gasteiger partial charge in [0.15, 0.2) is 22.4 Å².